The quantitative estimate of drug-likeness (QED) is 0.717. The summed E-state index contributed by atoms with van der Waals surface area (Å²) in [4.78, 5) is 38.7. The van der Waals surface area contributed by atoms with E-state index in [-0.39, 0.29) is 0 Å². The third kappa shape index (κ3) is 3.65. The van der Waals surface area contributed by atoms with Gasteiger partial charge >= 0.3 is 5.69 Å². The molecule has 0 bridgehead atoms. The predicted octanol–water partition coefficient (Wildman–Crippen LogP) is 1.69. The van der Waals surface area contributed by atoms with Crippen LogP contribution in [-0.4, -0.2) is 27.1 Å². The number of aromatic hydroxyl groups is 1. The standard InChI is InChI=1S/C18H23N3O4/c1-5-6-7-19-15(22)13-16(23)20-18(25)21(17(13)24)14-11(3)8-10(2)9-12(14)4/h8-9,24H,5-7H2,1-4H3,(H,19,22)(H,20,23,25). The lowest BCUT2D eigenvalue weighted by molar-refractivity contribution is 0.0947. The van der Waals surface area contributed by atoms with E-state index >= 15 is 0 Å². The van der Waals surface area contributed by atoms with Gasteiger partial charge in [-0.05, 0) is 38.3 Å². The molecule has 0 saturated carbocycles. The van der Waals surface area contributed by atoms with Crippen LogP contribution < -0.4 is 16.6 Å². The Morgan fingerprint density at radius 1 is 1.20 bits per heavy atom. The first-order valence-electron chi connectivity index (χ1n) is 8.22. The molecular formula is C18H23N3O4. The van der Waals surface area contributed by atoms with E-state index in [1.54, 1.807) is 13.8 Å². The van der Waals surface area contributed by atoms with Crippen molar-refractivity contribution in [3.05, 3.63) is 55.2 Å². The topological polar surface area (TPSA) is 104 Å². The van der Waals surface area contributed by atoms with E-state index in [0.29, 0.717) is 12.2 Å². The Hall–Kier alpha value is -2.83. The number of H-pyrrole nitrogens is 1. The van der Waals surface area contributed by atoms with Crippen LogP contribution >= 0.6 is 0 Å². The van der Waals surface area contributed by atoms with Crippen LogP contribution in [0.15, 0.2) is 21.7 Å². The third-order valence-corrected chi connectivity index (χ3v) is 3.99. The second-order valence-corrected chi connectivity index (χ2v) is 6.15. The van der Waals surface area contributed by atoms with Crippen LogP contribution in [0.4, 0.5) is 0 Å². The summed E-state index contributed by atoms with van der Waals surface area (Å²) in [6.45, 7) is 7.88. The van der Waals surface area contributed by atoms with Crippen LogP contribution in [0, 0.1) is 20.8 Å². The van der Waals surface area contributed by atoms with Crippen molar-refractivity contribution in [2.75, 3.05) is 6.54 Å². The van der Waals surface area contributed by atoms with E-state index in [1.807, 2.05) is 26.0 Å². The molecule has 0 unspecified atom stereocenters. The first kappa shape index (κ1) is 18.5. The van der Waals surface area contributed by atoms with E-state index in [4.69, 9.17) is 0 Å². The molecule has 0 aliphatic rings. The Kier molecular flexibility index (Phi) is 5.46. The molecule has 0 aliphatic carbocycles. The molecule has 1 heterocycles. The average Bonchev–Trinajstić information content (AvgIpc) is 2.49. The van der Waals surface area contributed by atoms with Gasteiger partial charge in [0.1, 0.15) is 0 Å². The van der Waals surface area contributed by atoms with Gasteiger partial charge in [0.15, 0.2) is 5.56 Å². The van der Waals surface area contributed by atoms with Crippen molar-refractivity contribution in [3.8, 4) is 11.6 Å². The number of aromatic amines is 1. The molecule has 0 fully saturated rings. The Labute approximate surface area is 145 Å². The van der Waals surface area contributed by atoms with Gasteiger partial charge in [0.05, 0.1) is 5.69 Å². The Morgan fingerprint density at radius 3 is 2.36 bits per heavy atom. The number of amides is 1. The lowest BCUT2D eigenvalue weighted by atomic mass is 10.0. The highest BCUT2D eigenvalue weighted by atomic mass is 16.3. The zero-order chi connectivity index (χ0) is 18.7. The first-order chi connectivity index (χ1) is 11.8. The summed E-state index contributed by atoms with van der Waals surface area (Å²) in [5, 5.41) is 13.1. The highest BCUT2D eigenvalue weighted by Gasteiger charge is 2.23. The molecule has 0 spiro atoms. The molecule has 7 nitrogen and oxygen atoms in total. The number of carbonyl (C=O) groups is 1. The Balaban J connectivity index is 2.66. The van der Waals surface area contributed by atoms with E-state index < -0.39 is 28.6 Å². The number of aryl methyl sites for hydroxylation is 3. The first-order valence-corrected chi connectivity index (χ1v) is 8.22. The lowest BCUT2D eigenvalue weighted by Gasteiger charge is -2.16. The third-order valence-electron chi connectivity index (χ3n) is 3.99. The predicted molar refractivity (Wildman–Crippen MR) is 95.8 cm³/mol. The highest BCUT2D eigenvalue weighted by molar-refractivity contribution is 5.96. The maximum Gasteiger partial charge on any atom is 0.335 e. The summed E-state index contributed by atoms with van der Waals surface area (Å²) in [7, 11) is 0. The maximum absolute atomic E-state index is 12.3. The van der Waals surface area contributed by atoms with Crippen LogP contribution in [0.2, 0.25) is 0 Å². The van der Waals surface area contributed by atoms with Gasteiger partial charge in [-0.3, -0.25) is 14.6 Å². The molecule has 0 radical (unpaired) electrons. The van der Waals surface area contributed by atoms with Gasteiger partial charge in [-0.1, -0.05) is 31.0 Å². The van der Waals surface area contributed by atoms with Crippen molar-refractivity contribution in [1.29, 1.82) is 0 Å². The Bertz CT molecular complexity index is 902. The van der Waals surface area contributed by atoms with E-state index in [9.17, 15) is 19.5 Å². The van der Waals surface area contributed by atoms with Gasteiger partial charge in [-0.15, -0.1) is 0 Å². The van der Waals surface area contributed by atoms with Crippen molar-refractivity contribution >= 4 is 5.91 Å². The normalized spacial score (nSPS) is 10.7. The minimum atomic E-state index is -0.907. The van der Waals surface area contributed by atoms with Crippen molar-refractivity contribution in [3.63, 3.8) is 0 Å². The van der Waals surface area contributed by atoms with Crippen LogP contribution in [0.25, 0.3) is 5.69 Å². The second-order valence-electron chi connectivity index (χ2n) is 6.15. The SMILES string of the molecule is CCCCNC(=O)c1c(O)n(-c2c(C)cc(C)cc2C)c(=O)[nH]c1=O. The largest absolute Gasteiger partial charge is 0.493 e. The summed E-state index contributed by atoms with van der Waals surface area (Å²) in [5.41, 5.74) is 0.798. The van der Waals surface area contributed by atoms with Crippen molar-refractivity contribution in [2.24, 2.45) is 0 Å². The molecule has 0 atom stereocenters. The molecule has 0 saturated heterocycles. The number of unbranched alkanes of at least 4 members (excludes halogenated alkanes) is 1. The van der Waals surface area contributed by atoms with Crippen LogP contribution in [0.1, 0.15) is 46.8 Å². The number of benzene rings is 1. The molecule has 1 aromatic heterocycles. The van der Waals surface area contributed by atoms with E-state index in [0.717, 1.165) is 34.1 Å². The number of nitrogens with zero attached hydrogens (tertiary/aromatic N) is 1. The van der Waals surface area contributed by atoms with Gasteiger partial charge in [0, 0.05) is 6.54 Å². The summed E-state index contributed by atoms with van der Waals surface area (Å²) in [5.74, 6) is -1.36. The highest BCUT2D eigenvalue weighted by Crippen LogP contribution is 2.24. The van der Waals surface area contributed by atoms with Crippen LogP contribution in [-0.2, 0) is 0 Å². The molecule has 2 aromatic rings. The van der Waals surface area contributed by atoms with E-state index in [1.165, 1.54) is 0 Å². The van der Waals surface area contributed by atoms with Crippen LogP contribution in [0.3, 0.4) is 0 Å². The molecule has 25 heavy (non-hydrogen) atoms. The van der Waals surface area contributed by atoms with Gasteiger partial charge in [0.25, 0.3) is 11.5 Å². The fourth-order valence-electron chi connectivity index (χ4n) is 2.93. The minimum Gasteiger partial charge on any atom is -0.493 e. The maximum atomic E-state index is 12.3. The number of hydrogen-bond acceptors (Lipinski definition) is 4. The summed E-state index contributed by atoms with van der Waals surface area (Å²) in [6, 6.07) is 3.72. The molecule has 1 aromatic carbocycles. The monoisotopic (exact) mass is 345 g/mol. The van der Waals surface area contributed by atoms with Gasteiger partial charge < -0.3 is 10.4 Å². The zero-order valence-corrected chi connectivity index (χ0v) is 14.9. The lowest BCUT2D eigenvalue weighted by Crippen LogP contribution is -2.37. The summed E-state index contributed by atoms with van der Waals surface area (Å²) in [6.07, 6.45) is 1.63. The van der Waals surface area contributed by atoms with Crippen molar-refractivity contribution < 1.29 is 9.90 Å². The minimum absolute atomic E-state index is 0.385. The molecule has 134 valence electrons. The summed E-state index contributed by atoms with van der Waals surface area (Å²) < 4.78 is 0.972. The molecule has 1 amide bonds. The number of carbonyl (C=O) groups excluding carboxylic acids is 1. The molecular weight excluding hydrogens is 322 g/mol. The van der Waals surface area contributed by atoms with E-state index in [2.05, 4.69) is 10.3 Å². The molecule has 2 rings (SSSR count). The fraction of sp³-hybridized carbons (Fsp3) is 0.389. The van der Waals surface area contributed by atoms with Gasteiger partial charge in [-0.25, -0.2) is 9.36 Å². The molecule has 3 N–H and O–H groups in total. The number of nitrogens with one attached hydrogen (secondary N) is 2. The second kappa shape index (κ2) is 7.38. The van der Waals surface area contributed by atoms with Crippen LogP contribution in [0.5, 0.6) is 5.88 Å². The van der Waals surface area contributed by atoms with Gasteiger partial charge in [0.2, 0.25) is 5.88 Å². The number of aromatic nitrogens is 2. The number of hydrogen-bond donors (Lipinski definition) is 3. The summed E-state index contributed by atoms with van der Waals surface area (Å²) >= 11 is 0. The number of rotatable bonds is 5. The van der Waals surface area contributed by atoms with Crippen molar-refractivity contribution in [1.82, 2.24) is 14.9 Å². The van der Waals surface area contributed by atoms with Crippen molar-refractivity contribution in [2.45, 2.75) is 40.5 Å². The molecule has 7 heteroatoms. The van der Waals surface area contributed by atoms with Gasteiger partial charge in [-0.2, -0.15) is 0 Å². The fourth-order valence-corrected chi connectivity index (χ4v) is 2.93. The average molecular weight is 345 g/mol. The molecule has 0 aliphatic heterocycles. The Morgan fingerprint density at radius 2 is 1.80 bits per heavy atom. The zero-order valence-electron chi connectivity index (χ0n) is 14.9. The smallest absolute Gasteiger partial charge is 0.335 e.